The average molecular weight is 331 g/mol. The topological polar surface area (TPSA) is 48.4 Å². The number of aliphatic hydroxyl groups is 1. The van der Waals surface area contributed by atoms with Crippen LogP contribution in [0.15, 0.2) is 35.7 Å². The first-order valence-electron chi connectivity index (χ1n) is 8.23. The maximum atomic E-state index is 10.7. The van der Waals surface area contributed by atoms with Crippen molar-refractivity contribution in [1.82, 2.24) is 10.3 Å². The van der Waals surface area contributed by atoms with Crippen LogP contribution in [0.25, 0.3) is 0 Å². The molecule has 124 valence electrons. The summed E-state index contributed by atoms with van der Waals surface area (Å²) in [5.74, 6) is 0. The van der Waals surface area contributed by atoms with Gasteiger partial charge < -0.3 is 15.3 Å². The lowest BCUT2D eigenvalue weighted by molar-refractivity contribution is 0.0528. The summed E-state index contributed by atoms with van der Waals surface area (Å²) in [6, 6.07) is 10.3. The van der Waals surface area contributed by atoms with Crippen LogP contribution in [0.3, 0.4) is 0 Å². The Hall–Kier alpha value is -1.43. The van der Waals surface area contributed by atoms with Crippen molar-refractivity contribution >= 4 is 16.5 Å². The molecule has 2 aromatic rings. The molecule has 5 heteroatoms. The fourth-order valence-electron chi connectivity index (χ4n) is 3.00. The molecule has 1 aliphatic rings. The number of nitrogens with zero attached hydrogens (tertiary/aromatic N) is 2. The van der Waals surface area contributed by atoms with E-state index < -0.39 is 5.60 Å². The Balaban J connectivity index is 1.49. The molecule has 1 aromatic carbocycles. The molecule has 0 saturated carbocycles. The number of hydrogen-bond acceptors (Lipinski definition) is 5. The Bertz CT molecular complexity index is 618. The lowest BCUT2D eigenvalue weighted by atomic mass is 9.95. The predicted octanol–water partition coefficient (Wildman–Crippen LogP) is 2.92. The van der Waals surface area contributed by atoms with Crippen LogP contribution >= 0.6 is 11.3 Å². The molecular formula is C18H25N3OS. The van der Waals surface area contributed by atoms with E-state index in [-0.39, 0.29) is 0 Å². The quantitative estimate of drug-likeness (QED) is 0.884. The van der Waals surface area contributed by atoms with Crippen LogP contribution in [0, 0.1) is 6.92 Å². The van der Waals surface area contributed by atoms with Gasteiger partial charge in [-0.3, -0.25) is 0 Å². The van der Waals surface area contributed by atoms with Crippen molar-refractivity contribution in [3.8, 4) is 0 Å². The third kappa shape index (κ3) is 4.10. The molecule has 1 saturated heterocycles. The third-order valence-corrected chi connectivity index (χ3v) is 5.52. The average Bonchev–Trinajstić information content (AvgIpc) is 3.01. The van der Waals surface area contributed by atoms with Crippen molar-refractivity contribution in [2.45, 2.75) is 38.3 Å². The normalized spacial score (nSPS) is 18.8. The molecule has 0 spiro atoms. The first-order valence-corrected chi connectivity index (χ1v) is 9.11. The van der Waals surface area contributed by atoms with E-state index in [1.165, 1.54) is 0 Å². The van der Waals surface area contributed by atoms with Crippen molar-refractivity contribution in [2.24, 2.45) is 0 Å². The molecule has 1 atom stereocenters. The van der Waals surface area contributed by atoms with Crippen LogP contribution in [-0.2, 0) is 5.60 Å². The van der Waals surface area contributed by atoms with Gasteiger partial charge in [-0.05, 0) is 32.3 Å². The van der Waals surface area contributed by atoms with Crippen LogP contribution in [0.1, 0.15) is 31.0 Å². The van der Waals surface area contributed by atoms with Gasteiger partial charge in [0.25, 0.3) is 0 Å². The highest BCUT2D eigenvalue weighted by Crippen LogP contribution is 2.24. The van der Waals surface area contributed by atoms with Crippen molar-refractivity contribution < 1.29 is 5.11 Å². The molecule has 0 bridgehead atoms. The number of nitrogens with one attached hydrogen (secondary N) is 1. The highest BCUT2D eigenvalue weighted by Gasteiger charge is 2.26. The molecule has 0 aliphatic carbocycles. The Morgan fingerprint density at radius 1 is 1.30 bits per heavy atom. The van der Waals surface area contributed by atoms with E-state index in [0.717, 1.165) is 42.3 Å². The second-order valence-corrected chi connectivity index (χ2v) is 7.39. The fraction of sp³-hybridized carbons (Fsp3) is 0.500. The van der Waals surface area contributed by atoms with Crippen LogP contribution in [0.4, 0.5) is 5.13 Å². The highest BCUT2D eigenvalue weighted by atomic mass is 32.1. The van der Waals surface area contributed by atoms with Gasteiger partial charge in [0.2, 0.25) is 0 Å². The summed E-state index contributed by atoms with van der Waals surface area (Å²) >= 11 is 1.73. The molecule has 2 N–H and O–H groups in total. The van der Waals surface area contributed by atoms with Gasteiger partial charge in [0.15, 0.2) is 5.13 Å². The van der Waals surface area contributed by atoms with E-state index in [0.29, 0.717) is 12.6 Å². The van der Waals surface area contributed by atoms with Crippen LogP contribution in [-0.4, -0.2) is 35.8 Å². The number of benzene rings is 1. The van der Waals surface area contributed by atoms with E-state index >= 15 is 0 Å². The van der Waals surface area contributed by atoms with Crippen LogP contribution in [0.2, 0.25) is 0 Å². The van der Waals surface area contributed by atoms with E-state index in [9.17, 15) is 5.11 Å². The second kappa shape index (κ2) is 6.99. The number of rotatable bonds is 5. The van der Waals surface area contributed by atoms with Gasteiger partial charge >= 0.3 is 0 Å². The molecular weight excluding hydrogens is 306 g/mol. The Labute approximate surface area is 142 Å². The number of aryl methyl sites for hydroxylation is 1. The van der Waals surface area contributed by atoms with Gasteiger partial charge in [-0.15, -0.1) is 11.3 Å². The van der Waals surface area contributed by atoms with Gasteiger partial charge in [-0.1, -0.05) is 30.3 Å². The minimum Gasteiger partial charge on any atom is -0.384 e. The molecule has 1 unspecified atom stereocenters. The smallest absolute Gasteiger partial charge is 0.185 e. The van der Waals surface area contributed by atoms with Gasteiger partial charge in [0.1, 0.15) is 0 Å². The minimum atomic E-state index is -0.829. The second-order valence-electron chi connectivity index (χ2n) is 6.55. The lowest BCUT2D eigenvalue weighted by Crippen LogP contribution is -2.46. The molecule has 1 aromatic heterocycles. The Kier molecular flexibility index (Phi) is 4.99. The molecule has 0 radical (unpaired) electrons. The van der Waals surface area contributed by atoms with Gasteiger partial charge in [-0.2, -0.15) is 0 Å². The summed E-state index contributed by atoms with van der Waals surface area (Å²) in [6.45, 7) is 6.55. The summed E-state index contributed by atoms with van der Waals surface area (Å²) in [4.78, 5) is 6.93. The van der Waals surface area contributed by atoms with E-state index in [2.05, 4.69) is 20.6 Å². The van der Waals surface area contributed by atoms with Crippen LogP contribution < -0.4 is 10.2 Å². The zero-order valence-electron chi connectivity index (χ0n) is 13.8. The van der Waals surface area contributed by atoms with E-state index in [1.54, 1.807) is 11.3 Å². The first kappa shape index (κ1) is 16.4. The lowest BCUT2D eigenvalue weighted by Gasteiger charge is -2.34. The molecule has 4 nitrogen and oxygen atoms in total. The summed E-state index contributed by atoms with van der Waals surface area (Å²) in [5, 5.41) is 17.5. The van der Waals surface area contributed by atoms with E-state index in [1.807, 2.05) is 44.2 Å². The predicted molar refractivity (Wildman–Crippen MR) is 96.1 cm³/mol. The molecule has 1 aliphatic heterocycles. The number of aromatic nitrogens is 1. The molecule has 2 heterocycles. The number of thiazole rings is 1. The van der Waals surface area contributed by atoms with Gasteiger partial charge in [0, 0.05) is 31.1 Å². The number of piperidine rings is 1. The first-order chi connectivity index (χ1) is 11.0. The zero-order chi connectivity index (χ0) is 16.3. The van der Waals surface area contributed by atoms with Crippen LogP contribution in [0.5, 0.6) is 0 Å². The summed E-state index contributed by atoms with van der Waals surface area (Å²) in [6.07, 6.45) is 2.17. The minimum absolute atomic E-state index is 0.461. The highest BCUT2D eigenvalue weighted by molar-refractivity contribution is 7.13. The monoisotopic (exact) mass is 331 g/mol. The van der Waals surface area contributed by atoms with E-state index in [4.69, 9.17) is 0 Å². The molecule has 1 fully saturated rings. The Morgan fingerprint density at radius 2 is 2.00 bits per heavy atom. The molecule has 3 rings (SSSR count). The summed E-state index contributed by atoms with van der Waals surface area (Å²) in [7, 11) is 0. The standard InChI is InChI=1S/C18H25N3OS/c1-14-12-23-17(20-14)21-10-8-16(9-11-21)19-13-18(2,22)15-6-4-3-5-7-15/h3-7,12,16,19,22H,8-11,13H2,1-2H3. The maximum Gasteiger partial charge on any atom is 0.185 e. The SMILES string of the molecule is Cc1csc(N2CCC(NCC(C)(O)c3ccccc3)CC2)n1. The number of hydrogen-bond donors (Lipinski definition) is 2. The molecule has 0 amide bonds. The third-order valence-electron chi connectivity index (χ3n) is 4.50. The van der Waals surface area contributed by atoms with Crippen molar-refractivity contribution in [1.29, 1.82) is 0 Å². The molecule has 23 heavy (non-hydrogen) atoms. The summed E-state index contributed by atoms with van der Waals surface area (Å²) < 4.78 is 0. The van der Waals surface area contributed by atoms with Gasteiger partial charge in [0.05, 0.1) is 11.3 Å². The maximum absolute atomic E-state index is 10.7. The summed E-state index contributed by atoms with van der Waals surface area (Å²) in [5.41, 5.74) is 1.23. The fourth-order valence-corrected chi connectivity index (χ4v) is 3.86. The Morgan fingerprint density at radius 3 is 2.61 bits per heavy atom. The number of anilines is 1. The van der Waals surface area contributed by atoms with Gasteiger partial charge in [-0.25, -0.2) is 4.98 Å². The van der Waals surface area contributed by atoms with Crippen molar-refractivity contribution in [3.05, 3.63) is 47.0 Å². The largest absolute Gasteiger partial charge is 0.384 e. The van der Waals surface area contributed by atoms with Crippen molar-refractivity contribution in [2.75, 3.05) is 24.5 Å². The van der Waals surface area contributed by atoms with Crippen molar-refractivity contribution in [3.63, 3.8) is 0 Å². The zero-order valence-corrected chi connectivity index (χ0v) is 14.6.